The Morgan fingerprint density at radius 1 is 1.48 bits per heavy atom. The summed E-state index contributed by atoms with van der Waals surface area (Å²) in [7, 11) is 0. The number of hydrogen-bond acceptors (Lipinski definition) is 4. The van der Waals surface area contributed by atoms with E-state index in [0.29, 0.717) is 11.3 Å². The number of aromatic nitrogens is 3. The molecule has 0 saturated heterocycles. The molecule has 1 atom stereocenters. The molecule has 2 aromatic rings. The van der Waals surface area contributed by atoms with Crippen LogP contribution < -0.4 is 0 Å². The van der Waals surface area contributed by atoms with Crippen molar-refractivity contribution in [1.82, 2.24) is 19.6 Å². The van der Waals surface area contributed by atoms with Crippen LogP contribution in [0.4, 0.5) is 0 Å². The molecule has 0 aromatic carbocycles. The van der Waals surface area contributed by atoms with Crippen LogP contribution in [0.3, 0.4) is 0 Å². The third kappa shape index (κ3) is 2.46. The quantitative estimate of drug-likeness (QED) is 0.870. The maximum absolute atomic E-state index is 12.8. The molecule has 1 aliphatic rings. The van der Waals surface area contributed by atoms with Crippen molar-refractivity contribution in [3.63, 3.8) is 0 Å². The Bertz CT molecular complexity index is 631. The fourth-order valence-corrected chi connectivity index (χ4v) is 2.97. The van der Waals surface area contributed by atoms with Crippen LogP contribution in [0.1, 0.15) is 54.1 Å². The molecule has 1 unspecified atom stereocenters. The Morgan fingerprint density at radius 2 is 2.33 bits per heavy atom. The first-order valence-electron chi connectivity index (χ1n) is 7.45. The van der Waals surface area contributed by atoms with E-state index >= 15 is 0 Å². The molecule has 0 bridgehead atoms. The van der Waals surface area contributed by atoms with Gasteiger partial charge in [-0.05, 0) is 19.8 Å². The Balaban J connectivity index is 1.96. The normalized spacial score (nSPS) is 18.4. The largest absolute Gasteiger partial charge is 0.364 e. The Labute approximate surface area is 123 Å². The van der Waals surface area contributed by atoms with E-state index in [-0.39, 0.29) is 11.9 Å². The monoisotopic (exact) mass is 288 g/mol. The number of fused-ring (bicyclic) bond motifs is 1. The SMILES string of the molecule is CCCC1c2nccn2CCCN1C(=O)c1conc1C. The molecule has 3 rings (SSSR count). The summed E-state index contributed by atoms with van der Waals surface area (Å²) in [6.07, 6.45) is 8.10. The number of carbonyl (C=O) groups excluding carboxylic acids is 1. The average Bonchev–Trinajstić information content (AvgIpc) is 3.07. The molecule has 1 aliphatic heterocycles. The van der Waals surface area contributed by atoms with Gasteiger partial charge in [-0.1, -0.05) is 18.5 Å². The van der Waals surface area contributed by atoms with E-state index in [1.54, 1.807) is 6.92 Å². The lowest BCUT2D eigenvalue weighted by Crippen LogP contribution is -2.35. The van der Waals surface area contributed by atoms with Crippen molar-refractivity contribution in [2.75, 3.05) is 6.54 Å². The lowest BCUT2D eigenvalue weighted by Gasteiger charge is -2.29. The van der Waals surface area contributed by atoms with Gasteiger partial charge in [0.05, 0.1) is 11.7 Å². The molecule has 112 valence electrons. The van der Waals surface area contributed by atoms with Crippen molar-refractivity contribution in [2.24, 2.45) is 0 Å². The zero-order valence-corrected chi connectivity index (χ0v) is 12.5. The molecule has 6 nitrogen and oxygen atoms in total. The topological polar surface area (TPSA) is 64.2 Å². The second-order valence-electron chi connectivity index (χ2n) is 5.45. The molecule has 0 spiro atoms. The number of nitrogens with zero attached hydrogens (tertiary/aromatic N) is 4. The molecule has 0 fully saturated rings. The summed E-state index contributed by atoms with van der Waals surface area (Å²) >= 11 is 0. The van der Waals surface area contributed by atoms with Gasteiger partial charge in [-0.2, -0.15) is 0 Å². The van der Waals surface area contributed by atoms with E-state index < -0.39 is 0 Å². The van der Waals surface area contributed by atoms with Gasteiger partial charge in [0.1, 0.15) is 17.7 Å². The van der Waals surface area contributed by atoms with Gasteiger partial charge in [-0.25, -0.2) is 4.98 Å². The standard InChI is InChI=1S/C15H20N4O2/c1-3-5-13-14-16-6-9-18(14)7-4-8-19(13)15(20)12-10-21-17-11(12)2/h6,9-10,13H,3-5,7-8H2,1-2H3. The number of carbonyl (C=O) groups is 1. The van der Waals surface area contributed by atoms with Crippen LogP contribution in [0.25, 0.3) is 0 Å². The Hall–Kier alpha value is -2.11. The molecule has 21 heavy (non-hydrogen) atoms. The van der Waals surface area contributed by atoms with E-state index in [1.165, 1.54) is 6.26 Å². The first-order chi connectivity index (χ1) is 10.2. The Morgan fingerprint density at radius 3 is 3.05 bits per heavy atom. The highest BCUT2D eigenvalue weighted by molar-refractivity contribution is 5.95. The molecule has 2 aromatic heterocycles. The third-order valence-electron chi connectivity index (χ3n) is 4.02. The van der Waals surface area contributed by atoms with Crippen LogP contribution in [-0.2, 0) is 6.54 Å². The Kier molecular flexibility index (Phi) is 3.77. The predicted molar refractivity (Wildman–Crippen MR) is 76.8 cm³/mol. The summed E-state index contributed by atoms with van der Waals surface area (Å²) in [6, 6.07) is 0.0225. The summed E-state index contributed by atoms with van der Waals surface area (Å²) < 4.78 is 7.08. The van der Waals surface area contributed by atoms with E-state index in [1.807, 2.05) is 17.3 Å². The zero-order chi connectivity index (χ0) is 14.8. The van der Waals surface area contributed by atoms with Gasteiger partial charge in [-0.3, -0.25) is 4.79 Å². The molecule has 0 aliphatic carbocycles. The number of hydrogen-bond donors (Lipinski definition) is 0. The van der Waals surface area contributed by atoms with Crippen LogP contribution >= 0.6 is 0 Å². The van der Waals surface area contributed by atoms with Crippen molar-refractivity contribution >= 4 is 5.91 Å². The lowest BCUT2D eigenvalue weighted by atomic mass is 10.1. The maximum Gasteiger partial charge on any atom is 0.259 e. The van der Waals surface area contributed by atoms with Gasteiger partial charge >= 0.3 is 0 Å². The van der Waals surface area contributed by atoms with Crippen LogP contribution in [0.5, 0.6) is 0 Å². The van der Waals surface area contributed by atoms with Crippen LogP contribution in [0, 0.1) is 6.92 Å². The second-order valence-corrected chi connectivity index (χ2v) is 5.45. The minimum absolute atomic E-state index is 0.0105. The number of amides is 1. The number of aryl methyl sites for hydroxylation is 2. The minimum Gasteiger partial charge on any atom is -0.364 e. The van der Waals surface area contributed by atoms with Crippen molar-refractivity contribution in [1.29, 1.82) is 0 Å². The summed E-state index contributed by atoms with van der Waals surface area (Å²) in [5.41, 5.74) is 1.19. The predicted octanol–water partition coefficient (Wildman–Crippen LogP) is 2.57. The molecule has 6 heteroatoms. The first kappa shape index (κ1) is 13.9. The van der Waals surface area contributed by atoms with Gasteiger partial charge in [-0.15, -0.1) is 0 Å². The van der Waals surface area contributed by atoms with Crippen LogP contribution in [0.15, 0.2) is 23.2 Å². The highest BCUT2D eigenvalue weighted by Crippen LogP contribution is 2.29. The molecule has 0 saturated carbocycles. The highest BCUT2D eigenvalue weighted by Gasteiger charge is 2.31. The maximum atomic E-state index is 12.8. The van der Waals surface area contributed by atoms with Crippen molar-refractivity contribution in [3.8, 4) is 0 Å². The first-order valence-corrected chi connectivity index (χ1v) is 7.45. The fraction of sp³-hybridized carbons (Fsp3) is 0.533. The lowest BCUT2D eigenvalue weighted by molar-refractivity contribution is 0.0663. The van der Waals surface area contributed by atoms with Crippen LogP contribution in [-0.4, -0.2) is 32.1 Å². The van der Waals surface area contributed by atoms with Gasteiger partial charge < -0.3 is 14.0 Å². The summed E-state index contributed by atoms with van der Waals surface area (Å²) in [6.45, 7) is 5.56. The molecule has 0 N–H and O–H groups in total. The molecule has 3 heterocycles. The van der Waals surface area contributed by atoms with Gasteiger partial charge in [0.2, 0.25) is 0 Å². The van der Waals surface area contributed by atoms with Gasteiger partial charge in [0.15, 0.2) is 0 Å². The molecule has 1 amide bonds. The number of imidazole rings is 1. The summed E-state index contributed by atoms with van der Waals surface area (Å²) in [5, 5.41) is 3.82. The van der Waals surface area contributed by atoms with E-state index in [9.17, 15) is 4.79 Å². The summed E-state index contributed by atoms with van der Waals surface area (Å²) in [4.78, 5) is 19.2. The molecular formula is C15H20N4O2. The van der Waals surface area contributed by atoms with Crippen molar-refractivity contribution in [2.45, 2.75) is 45.7 Å². The van der Waals surface area contributed by atoms with Crippen molar-refractivity contribution < 1.29 is 9.32 Å². The van der Waals surface area contributed by atoms with Crippen molar-refractivity contribution in [3.05, 3.63) is 35.7 Å². The van der Waals surface area contributed by atoms with Crippen LogP contribution in [0.2, 0.25) is 0 Å². The molecule has 0 radical (unpaired) electrons. The highest BCUT2D eigenvalue weighted by atomic mass is 16.5. The third-order valence-corrected chi connectivity index (χ3v) is 4.02. The van der Waals surface area contributed by atoms with E-state index in [0.717, 1.165) is 38.2 Å². The smallest absolute Gasteiger partial charge is 0.259 e. The van der Waals surface area contributed by atoms with E-state index in [4.69, 9.17) is 4.52 Å². The van der Waals surface area contributed by atoms with E-state index in [2.05, 4.69) is 21.6 Å². The van der Waals surface area contributed by atoms with Gasteiger partial charge in [0, 0.05) is 25.5 Å². The van der Waals surface area contributed by atoms with Gasteiger partial charge in [0.25, 0.3) is 5.91 Å². The number of rotatable bonds is 3. The summed E-state index contributed by atoms with van der Waals surface area (Å²) in [5.74, 6) is 0.973. The zero-order valence-electron chi connectivity index (χ0n) is 12.5. The molecular weight excluding hydrogens is 268 g/mol. The fourth-order valence-electron chi connectivity index (χ4n) is 2.97. The minimum atomic E-state index is -0.0105. The second kappa shape index (κ2) is 5.71. The average molecular weight is 288 g/mol.